The molecule has 0 aliphatic heterocycles. The number of rotatable bonds is 2. The summed E-state index contributed by atoms with van der Waals surface area (Å²) < 4.78 is 9.96. The van der Waals surface area contributed by atoms with Crippen LogP contribution in [0.1, 0.15) is 11.1 Å². The van der Waals surface area contributed by atoms with Crippen LogP contribution >= 0.6 is 0 Å². The summed E-state index contributed by atoms with van der Waals surface area (Å²) in [7, 11) is 3.29. The minimum atomic E-state index is 0. The summed E-state index contributed by atoms with van der Waals surface area (Å²) in [6.45, 7) is 7.53. The molecule has 0 saturated heterocycles. The molecule has 2 aromatic rings. The zero-order valence-electron chi connectivity index (χ0n) is 11.6. The van der Waals surface area contributed by atoms with Gasteiger partial charge in [0.25, 0.3) is 0 Å². The molecule has 19 heavy (non-hydrogen) atoms. The van der Waals surface area contributed by atoms with Gasteiger partial charge in [0.15, 0.2) is 0 Å². The Morgan fingerprint density at radius 1 is 0.684 bits per heavy atom. The van der Waals surface area contributed by atoms with Crippen LogP contribution in [0.2, 0.25) is 0 Å². The maximum Gasteiger partial charge on any atom is 2.00 e. The third kappa shape index (κ3) is 5.81. The van der Waals surface area contributed by atoms with E-state index in [4.69, 9.17) is 9.47 Å². The van der Waals surface area contributed by atoms with Crippen LogP contribution in [0.25, 0.3) is 0 Å². The molecule has 0 amide bonds. The summed E-state index contributed by atoms with van der Waals surface area (Å²) in [5.74, 6) is 1.69. The van der Waals surface area contributed by atoms with Gasteiger partial charge in [-0.25, -0.2) is 0 Å². The van der Waals surface area contributed by atoms with Gasteiger partial charge in [-0.05, 0) is 0 Å². The van der Waals surface area contributed by atoms with Gasteiger partial charge in [0.1, 0.15) is 0 Å². The Bertz CT molecular complexity index is 438. The molecule has 0 spiro atoms. The van der Waals surface area contributed by atoms with Crippen LogP contribution in [0.15, 0.2) is 48.5 Å². The SMILES string of the molecule is [CH2-]c1ccccc1OC.[CH2-]c1ccccc1OC.[Mg+2]. The van der Waals surface area contributed by atoms with Gasteiger partial charge in [0, 0.05) is 11.5 Å². The van der Waals surface area contributed by atoms with E-state index < -0.39 is 0 Å². The fraction of sp³-hybridized carbons (Fsp3) is 0.125. The second kappa shape index (κ2) is 9.47. The largest absolute Gasteiger partial charge is 2.00 e. The van der Waals surface area contributed by atoms with Crippen molar-refractivity contribution >= 4 is 23.1 Å². The molecule has 0 bridgehead atoms. The number of benzene rings is 2. The van der Waals surface area contributed by atoms with Crippen LogP contribution in [0.3, 0.4) is 0 Å². The summed E-state index contributed by atoms with van der Waals surface area (Å²) in [6.07, 6.45) is 0. The maximum atomic E-state index is 4.98. The fourth-order valence-electron chi connectivity index (χ4n) is 1.41. The molecule has 2 rings (SSSR count). The van der Waals surface area contributed by atoms with Crippen molar-refractivity contribution in [3.8, 4) is 11.5 Å². The van der Waals surface area contributed by atoms with Crippen LogP contribution in [0.5, 0.6) is 11.5 Å². The molecule has 0 atom stereocenters. The van der Waals surface area contributed by atoms with Gasteiger partial charge >= 0.3 is 23.1 Å². The first-order chi connectivity index (χ1) is 8.69. The summed E-state index contributed by atoms with van der Waals surface area (Å²) in [5.41, 5.74) is 1.86. The van der Waals surface area contributed by atoms with E-state index >= 15 is 0 Å². The average molecular weight is 267 g/mol. The Morgan fingerprint density at radius 2 is 1.00 bits per heavy atom. The first-order valence-corrected chi connectivity index (χ1v) is 5.59. The van der Waals surface area contributed by atoms with Gasteiger partial charge in [-0.1, -0.05) is 24.3 Å². The zero-order valence-corrected chi connectivity index (χ0v) is 13.0. The predicted molar refractivity (Wildman–Crippen MR) is 80.7 cm³/mol. The molecule has 0 saturated carbocycles. The third-order valence-corrected chi connectivity index (χ3v) is 2.39. The summed E-state index contributed by atoms with van der Waals surface area (Å²) in [6, 6.07) is 15.3. The molecule has 96 valence electrons. The topological polar surface area (TPSA) is 18.5 Å². The number of ether oxygens (including phenoxy) is 2. The Balaban J connectivity index is 0.000000324. The molecule has 0 fully saturated rings. The second-order valence-corrected chi connectivity index (χ2v) is 3.62. The van der Waals surface area contributed by atoms with Gasteiger partial charge in [-0.3, -0.25) is 0 Å². The quantitative estimate of drug-likeness (QED) is 0.613. The summed E-state index contributed by atoms with van der Waals surface area (Å²) in [5, 5.41) is 0. The van der Waals surface area contributed by atoms with Crippen molar-refractivity contribution in [3.63, 3.8) is 0 Å². The van der Waals surface area contributed by atoms with Gasteiger partial charge in [0.05, 0.1) is 14.2 Å². The zero-order chi connectivity index (χ0) is 13.4. The number of para-hydroxylation sites is 2. The van der Waals surface area contributed by atoms with Crippen molar-refractivity contribution in [3.05, 3.63) is 73.5 Å². The molecule has 0 radical (unpaired) electrons. The molecule has 0 N–H and O–H groups in total. The van der Waals surface area contributed by atoms with Gasteiger partial charge in [-0.15, -0.1) is 12.1 Å². The van der Waals surface area contributed by atoms with E-state index in [1.165, 1.54) is 0 Å². The normalized spacial score (nSPS) is 8.53. The molecule has 2 aromatic carbocycles. The molecule has 0 aliphatic carbocycles. The van der Waals surface area contributed by atoms with Crippen molar-refractivity contribution in [2.45, 2.75) is 0 Å². The molecule has 2 nitrogen and oxygen atoms in total. The van der Waals surface area contributed by atoms with Gasteiger partial charge in [0.2, 0.25) is 0 Å². The van der Waals surface area contributed by atoms with E-state index in [0.717, 1.165) is 22.6 Å². The van der Waals surface area contributed by atoms with Crippen LogP contribution in [-0.4, -0.2) is 37.3 Å². The Morgan fingerprint density at radius 3 is 1.21 bits per heavy atom. The van der Waals surface area contributed by atoms with Crippen molar-refractivity contribution in [1.82, 2.24) is 0 Å². The first kappa shape index (κ1) is 17.5. The minimum Gasteiger partial charge on any atom is -0.554 e. The fourth-order valence-corrected chi connectivity index (χ4v) is 1.41. The molecular weight excluding hydrogens is 248 g/mol. The average Bonchev–Trinajstić information content (AvgIpc) is 2.41. The smallest absolute Gasteiger partial charge is 0.554 e. The molecule has 0 unspecified atom stereocenters. The van der Waals surface area contributed by atoms with Crippen LogP contribution < -0.4 is 9.47 Å². The van der Waals surface area contributed by atoms with E-state index in [1.807, 2.05) is 48.5 Å². The van der Waals surface area contributed by atoms with E-state index in [9.17, 15) is 0 Å². The molecule has 0 aromatic heterocycles. The van der Waals surface area contributed by atoms with Crippen LogP contribution in [0.4, 0.5) is 0 Å². The predicted octanol–water partition coefficient (Wildman–Crippen LogP) is 3.37. The van der Waals surface area contributed by atoms with E-state index in [-0.39, 0.29) is 23.1 Å². The number of methoxy groups -OCH3 is 2. The van der Waals surface area contributed by atoms with Crippen molar-refractivity contribution in [1.29, 1.82) is 0 Å². The van der Waals surface area contributed by atoms with E-state index in [0.29, 0.717) is 0 Å². The Hall–Kier alpha value is -1.45. The van der Waals surface area contributed by atoms with Gasteiger partial charge < -0.3 is 9.47 Å². The third-order valence-electron chi connectivity index (χ3n) is 2.39. The van der Waals surface area contributed by atoms with Crippen LogP contribution in [0, 0.1) is 13.8 Å². The molecule has 0 aliphatic rings. The van der Waals surface area contributed by atoms with Gasteiger partial charge in [-0.2, -0.15) is 37.1 Å². The standard InChI is InChI=1S/2C8H9O.Mg/c2*1-7-5-3-4-6-8(7)9-2;/h2*3-6H,1H2,2H3;/q2*-1;+2. The molecule has 0 heterocycles. The minimum absolute atomic E-state index is 0. The summed E-state index contributed by atoms with van der Waals surface area (Å²) in [4.78, 5) is 0. The van der Waals surface area contributed by atoms with E-state index in [1.54, 1.807) is 14.2 Å². The monoisotopic (exact) mass is 266 g/mol. The number of hydrogen-bond acceptors (Lipinski definition) is 2. The van der Waals surface area contributed by atoms with Crippen molar-refractivity contribution < 1.29 is 9.47 Å². The molecular formula is C16H18MgO2. The summed E-state index contributed by atoms with van der Waals surface area (Å²) >= 11 is 0. The van der Waals surface area contributed by atoms with E-state index in [2.05, 4.69) is 13.8 Å². The van der Waals surface area contributed by atoms with Crippen molar-refractivity contribution in [2.24, 2.45) is 0 Å². The first-order valence-electron chi connectivity index (χ1n) is 5.59. The second-order valence-electron chi connectivity index (χ2n) is 3.62. The Labute approximate surface area is 131 Å². The molecule has 3 heteroatoms. The maximum absolute atomic E-state index is 4.98. The van der Waals surface area contributed by atoms with Crippen LogP contribution in [-0.2, 0) is 0 Å². The van der Waals surface area contributed by atoms with Crippen molar-refractivity contribution in [2.75, 3.05) is 14.2 Å². The Kier molecular flexibility index (Phi) is 8.75. The number of hydrogen-bond donors (Lipinski definition) is 0.